The molecule has 2 N–H and O–H groups in total. The largest absolute Gasteiger partial charge is 0.493 e. The Bertz CT molecular complexity index is 800. The van der Waals surface area contributed by atoms with E-state index in [9.17, 15) is 0 Å². The van der Waals surface area contributed by atoms with E-state index in [-0.39, 0.29) is 12.1 Å². The lowest BCUT2D eigenvalue weighted by Crippen LogP contribution is -2.47. The number of rotatable bonds is 10. The average Bonchev–Trinajstić information content (AvgIpc) is 3.31. The van der Waals surface area contributed by atoms with Crippen LogP contribution in [0.1, 0.15) is 24.3 Å². The van der Waals surface area contributed by atoms with Crippen LogP contribution in [-0.2, 0) is 9.47 Å². The molecule has 1 aromatic carbocycles. The summed E-state index contributed by atoms with van der Waals surface area (Å²) in [7, 11) is 3.49. The molecular formula is C23H34N4O3S. The zero-order valence-electron chi connectivity index (χ0n) is 18.7. The molecule has 8 heteroatoms. The Balaban J connectivity index is 1.58. The summed E-state index contributed by atoms with van der Waals surface area (Å²) in [5, 5.41) is 9.02. The van der Waals surface area contributed by atoms with Crippen molar-refractivity contribution in [3.63, 3.8) is 0 Å². The van der Waals surface area contributed by atoms with Crippen molar-refractivity contribution >= 4 is 23.0 Å². The maximum Gasteiger partial charge on any atom is 0.195 e. The molecule has 1 fully saturated rings. The van der Waals surface area contributed by atoms with E-state index in [2.05, 4.69) is 45.0 Å². The van der Waals surface area contributed by atoms with Crippen molar-refractivity contribution in [1.82, 2.24) is 10.2 Å². The third kappa shape index (κ3) is 7.50. The van der Waals surface area contributed by atoms with Crippen molar-refractivity contribution in [2.45, 2.75) is 25.5 Å². The molecular weight excluding hydrogens is 412 g/mol. The fourth-order valence-corrected chi connectivity index (χ4v) is 4.45. The fourth-order valence-electron chi connectivity index (χ4n) is 3.59. The number of benzene rings is 1. The minimum Gasteiger partial charge on any atom is -0.493 e. The lowest BCUT2D eigenvalue weighted by molar-refractivity contribution is -0.0333. The Hall–Kier alpha value is -2.13. The number of nitrogens with zero attached hydrogens (tertiary/aromatic N) is 2. The van der Waals surface area contributed by atoms with Gasteiger partial charge in [-0.3, -0.25) is 9.89 Å². The van der Waals surface area contributed by atoms with E-state index in [4.69, 9.17) is 14.2 Å². The predicted molar refractivity (Wildman–Crippen MR) is 127 cm³/mol. The van der Waals surface area contributed by atoms with E-state index in [1.807, 2.05) is 24.3 Å². The highest BCUT2D eigenvalue weighted by Crippen LogP contribution is 2.26. The smallest absolute Gasteiger partial charge is 0.195 e. The van der Waals surface area contributed by atoms with E-state index in [0.717, 1.165) is 50.1 Å². The van der Waals surface area contributed by atoms with E-state index in [1.54, 1.807) is 25.5 Å². The molecule has 2 heterocycles. The highest BCUT2D eigenvalue weighted by molar-refractivity contribution is 7.10. The van der Waals surface area contributed by atoms with Crippen molar-refractivity contribution in [2.75, 3.05) is 58.9 Å². The quantitative estimate of drug-likeness (QED) is 0.330. The van der Waals surface area contributed by atoms with Crippen LogP contribution in [0.25, 0.3) is 0 Å². The van der Waals surface area contributed by atoms with Crippen LogP contribution in [0.2, 0.25) is 0 Å². The molecule has 2 atom stereocenters. The average molecular weight is 447 g/mol. The molecule has 0 spiro atoms. The monoisotopic (exact) mass is 446 g/mol. The van der Waals surface area contributed by atoms with E-state index in [1.165, 1.54) is 4.88 Å². The molecule has 3 rings (SSSR count). The van der Waals surface area contributed by atoms with Gasteiger partial charge in [0.05, 0.1) is 25.4 Å². The molecule has 2 aromatic rings. The summed E-state index contributed by atoms with van der Waals surface area (Å²) in [5.74, 6) is 1.56. The molecule has 0 radical (unpaired) electrons. The van der Waals surface area contributed by atoms with Crippen LogP contribution >= 0.6 is 11.3 Å². The van der Waals surface area contributed by atoms with E-state index in [0.29, 0.717) is 13.2 Å². The minimum absolute atomic E-state index is 0.250. The Morgan fingerprint density at radius 3 is 2.97 bits per heavy atom. The highest BCUT2D eigenvalue weighted by atomic mass is 32.1. The normalized spacial score (nSPS) is 18.5. The van der Waals surface area contributed by atoms with Crippen LogP contribution in [0.4, 0.5) is 5.69 Å². The molecule has 170 valence electrons. The van der Waals surface area contributed by atoms with Gasteiger partial charge < -0.3 is 24.8 Å². The summed E-state index contributed by atoms with van der Waals surface area (Å²) >= 11 is 1.79. The van der Waals surface area contributed by atoms with Crippen LogP contribution in [-0.4, -0.2) is 70.6 Å². The van der Waals surface area contributed by atoms with Crippen LogP contribution < -0.4 is 15.4 Å². The van der Waals surface area contributed by atoms with Crippen molar-refractivity contribution in [3.05, 3.63) is 46.7 Å². The molecule has 7 nitrogen and oxygen atoms in total. The number of ether oxygens (including phenoxy) is 3. The maximum atomic E-state index is 5.80. The standard InChI is InChI=1S/C23H34N4O3S/c1-18-17-27(10-13-29-18)21(22-9-5-14-31-22)16-25-23(24-2)26-19-7-4-8-20(15-19)30-12-6-11-28-3/h4-5,7-9,14-15,18,21H,6,10-13,16-17H2,1-3H3,(H2,24,25,26). The Kier molecular flexibility index (Phi) is 9.61. The number of thiophene rings is 1. The van der Waals surface area contributed by atoms with E-state index < -0.39 is 0 Å². The number of hydrogen-bond donors (Lipinski definition) is 2. The number of hydrogen-bond acceptors (Lipinski definition) is 6. The molecule has 1 saturated heterocycles. The van der Waals surface area contributed by atoms with Gasteiger partial charge in [-0.1, -0.05) is 12.1 Å². The van der Waals surface area contributed by atoms with Crippen molar-refractivity contribution in [3.8, 4) is 5.75 Å². The molecule has 0 amide bonds. The molecule has 31 heavy (non-hydrogen) atoms. The number of nitrogens with one attached hydrogen (secondary N) is 2. The van der Waals surface area contributed by atoms with Gasteiger partial charge in [0.15, 0.2) is 5.96 Å². The molecule has 1 aliphatic heterocycles. The van der Waals surface area contributed by atoms with Crippen LogP contribution in [0, 0.1) is 0 Å². The summed E-state index contributed by atoms with van der Waals surface area (Å²) in [5.41, 5.74) is 0.935. The third-order valence-electron chi connectivity index (χ3n) is 5.13. The van der Waals surface area contributed by atoms with Crippen molar-refractivity contribution in [1.29, 1.82) is 0 Å². The lowest BCUT2D eigenvalue weighted by atomic mass is 10.1. The van der Waals surface area contributed by atoms with Crippen molar-refractivity contribution < 1.29 is 14.2 Å². The summed E-state index contributed by atoms with van der Waals surface area (Å²) in [6.07, 6.45) is 1.11. The van der Waals surface area contributed by atoms with Gasteiger partial charge >= 0.3 is 0 Å². The number of methoxy groups -OCH3 is 1. The SMILES string of the molecule is CN=C(NCC(c1cccs1)N1CCOC(C)C1)Nc1cccc(OCCCOC)c1. The zero-order valence-corrected chi connectivity index (χ0v) is 19.5. The summed E-state index contributed by atoms with van der Waals surface area (Å²) < 4.78 is 16.6. The first-order valence-electron chi connectivity index (χ1n) is 10.8. The van der Waals surface area contributed by atoms with Crippen LogP contribution in [0.3, 0.4) is 0 Å². The molecule has 2 unspecified atom stereocenters. The first kappa shape index (κ1) is 23.5. The van der Waals surface area contributed by atoms with Crippen LogP contribution in [0.15, 0.2) is 46.8 Å². The number of guanidine groups is 1. The fraction of sp³-hybridized carbons (Fsp3) is 0.522. The second-order valence-corrected chi connectivity index (χ2v) is 8.49. The second-order valence-electron chi connectivity index (χ2n) is 7.51. The lowest BCUT2D eigenvalue weighted by Gasteiger charge is -2.37. The van der Waals surface area contributed by atoms with E-state index >= 15 is 0 Å². The Labute approximate surface area is 189 Å². The Morgan fingerprint density at radius 2 is 2.23 bits per heavy atom. The first-order chi connectivity index (χ1) is 15.2. The minimum atomic E-state index is 0.250. The molecule has 0 aliphatic carbocycles. The van der Waals surface area contributed by atoms with Gasteiger partial charge in [0.2, 0.25) is 0 Å². The van der Waals surface area contributed by atoms with Gasteiger partial charge in [0.25, 0.3) is 0 Å². The van der Waals surface area contributed by atoms with Gasteiger partial charge in [-0.25, -0.2) is 0 Å². The van der Waals surface area contributed by atoms with Gasteiger partial charge in [-0.15, -0.1) is 11.3 Å². The number of morpholine rings is 1. The summed E-state index contributed by atoms with van der Waals surface area (Å²) in [6, 6.07) is 12.5. The van der Waals surface area contributed by atoms with Gasteiger partial charge in [-0.05, 0) is 30.5 Å². The zero-order chi connectivity index (χ0) is 21.9. The molecule has 1 aromatic heterocycles. The topological polar surface area (TPSA) is 67.4 Å². The Morgan fingerprint density at radius 1 is 1.32 bits per heavy atom. The van der Waals surface area contributed by atoms with Crippen LogP contribution in [0.5, 0.6) is 5.75 Å². The second kappa shape index (κ2) is 12.7. The molecule has 1 aliphatic rings. The molecule has 0 saturated carbocycles. The van der Waals surface area contributed by atoms with Gasteiger partial charge in [0, 0.05) is 63.5 Å². The van der Waals surface area contributed by atoms with Gasteiger partial charge in [0.1, 0.15) is 5.75 Å². The summed E-state index contributed by atoms with van der Waals surface area (Å²) in [6.45, 7) is 6.86. The molecule has 0 bridgehead atoms. The third-order valence-corrected chi connectivity index (χ3v) is 6.10. The number of aliphatic imine (C=N–C) groups is 1. The first-order valence-corrected chi connectivity index (χ1v) is 11.7. The predicted octanol–water partition coefficient (Wildman–Crippen LogP) is 3.61. The van der Waals surface area contributed by atoms with Crippen molar-refractivity contribution in [2.24, 2.45) is 4.99 Å². The number of anilines is 1. The summed E-state index contributed by atoms with van der Waals surface area (Å²) in [4.78, 5) is 8.26. The highest BCUT2D eigenvalue weighted by Gasteiger charge is 2.26. The van der Waals surface area contributed by atoms with Gasteiger partial charge in [-0.2, -0.15) is 0 Å². The maximum absolute atomic E-state index is 5.80.